The fourth-order valence-corrected chi connectivity index (χ4v) is 4.76. The molecule has 4 heterocycles. The summed E-state index contributed by atoms with van der Waals surface area (Å²) in [6.07, 6.45) is 9.26. The third-order valence-electron chi connectivity index (χ3n) is 6.38. The molecule has 1 saturated heterocycles. The summed E-state index contributed by atoms with van der Waals surface area (Å²) in [6.45, 7) is 6.71. The van der Waals surface area contributed by atoms with Crippen molar-refractivity contribution in [2.75, 3.05) is 13.2 Å². The standard InChI is InChI=1S/C28H27N5O4/c1-3-16-37-21-9-6-8-20(17-21)25-23(26(34)24-19(2)30-22-10-4-5-13-32(22)24)27(35)28(36)33(25)14-7-12-31-15-11-29-18-31/h3-6,8-11,13,15,17-18,25,34H,1,7,12,14,16H2,2H3/b26-23+. The molecule has 37 heavy (non-hydrogen) atoms. The summed E-state index contributed by atoms with van der Waals surface area (Å²) in [5, 5.41) is 11.6. The molecule has 1 atom stereocenters. The second-order valence-corrected chi connectivity index (χ2v) is 8.79. The number of benzene rings is 1. The summed E-state index contributed by atoms with van der Waals surface area (Å²) in [4.78, 5) is 36.8. The molecule has 1 amide bonds. The number of pyridine rings is 1. The summed E-state index contributed by atoms with van der Waals surface area (Å²) < 4.78 is 9.34. The number of aryl methyl sites for hydroxylation is 2. The molecule has 9 nitrogen and oxygen atoms in total. The second-order valence-electron chi connectivity index (χ2n) is 8.79. The van der Waals surface area contributed by atoms with Crippen molar-refractivity contribution in [2.45, 2.75) is 25.9 Å². The predicted molar refractivity (Wildman–Crippen MR) is 138 cm³/mol. The van der Waals surface area contributed by atoms with Crippen molar-refractivity contribution in [2.24, 2.45) is 0 Å². The number of hydrogen-bond acceptors (Lipinski definition) is 6. The Morgan fingerprint density at radius 1 is 1.16 bits per heavy atom. The lowest BCUT2D eigenvalue weighted by molar-refractivity contribution is -0.139. The summed E-state index contributed by atoms with van der Waals surface area (Å²) in [5.74, 6) is -1.06. The fourth-order valence-electron chi connectivity index (χ4n) is 4.76. The molecule has 1 unspecified atom stereocenters. The van der Waals surface area contributed by atoms with Gasteiger partial charge in [0.15, 0.2) is 5.76 Å². The zero-order valence-corrected chi connectivity index (χ0v) is 20.4. The lowest BCUT2D eigenvalue weighted by Gasteiger charge is -2.25. The second kappa shape index (κ2) is 10.1. The Hall–Kier alpha value is -4.66. The van der Waals surface area contributed by atoms with Gasteiger partial charge in [0.1, 0.15) is 23.7 Å². The summed E-state index contributed by atoms with van der Waals surface area (Å²) >= 11 is 0. The highest BCUT2D eigenvalue weighted by molar-refractivity contribution is 6.46. The number of fused-ring (bicyclic) bond motifs is 1. The molecular formula is C28H27N5O4. The molecule has 0 saturated carbocycles. The van der Waals surface area contributed by atoms with E-state index in [0.717, 1.165) is 0 Å². The number of aromatic nitrogens is 4. The zero-order valence-electron chi connectivity index (χ0n) is 20.4. The molecule has 0 aliphatic carbocycles. The number of ether oxygens (including phenoxy) is 1. The van der Waals surface area contributed by atoms with Gasteiger partial charge in [-0.15, -0.1) is 0 Å². The minimum Gasteiger partial charge on any atom is -0.505 e. The third-order valence-corrected chi connectivity index (χ3v) is 6.38. The quantitative estimate of drug-likeness (QED) is 0.163. The van der Waals surface area contributed by atoms with E-state index in [0.29, 0.717) is 54.5 Å². The van der Waals surface area contributed by atoms with Gasteiger partial charge in [-0.3, -0.25) is 14.0 Å². The molecule has 1 N–H and O–H groups in total. The zero-order chi connectivity index (χ0) is 25.9. The van der Waals surface area contributed by atoms with Crippen LogP contribution in [-0.2, 0) is 16.1 Å². The van der Waals surface area contributed by atoms with Crippen molar-refractivity contribution >= 4 is 23.1 Å². The van der Waals surface area contributed by atoms with Crippen molar-refractivity contribution in [3.63, 3.8) is 0 Å². The fraction of sp³-hybridized carbons (Fsp3) is 0.214. The first kappa shape index (κ1) is 24.1. The van der Waals surface area contributed by atoms with Gasteiger partial charge in [0.2, 0.25) is 0 Å². The molecule has 4 aromatic rings. The van der Waals surface area contributed by atoms with E-state index in [1.165, 1.54) is 4.90 Å². The van der Waals surface area contributed by atoms with Crippen molar-refractivity contribution in [1.29, 1.82) is 0 Å². The van der Waals surface area contributed by atoms with E-state index in [2.05, 4.69) is 16.5 Å². The van der Waals surface area contributed by atoms with Crippen LogP contribution in [0.4, 0.5) is 0 Å². The molecule has 0 bridgehead atoms. The van der Waals surface area contributed by atoms with Crippen LogP contribution < -0.4 is 4.74 Å². The molecule has 1 fully saturated rings. The van der Waals surface area contributed by atoms with Gasteiger partial charge in [-0.05, 0) is 43.2 Å². The van der Waals surface area contributed by atoms with Gasteiger partial charge >= 0.3 is 0 Å². The van der Waals surface area contributed by atoms with Crippen molar-refractivity contribution in [3.8, 4) is 5.75 Å². The molecule has 1 aromatic carbocycles. The maximum absolute atomic E-state index is 13.4. The summed E-state index contributed by atoms with van der Waals surface area (Å²) in [5.41, 5.74) is 2.26. The van der Waals surface area contributed by atoms with Gasteiger partial charge in [0.05, 0.1) is 23.6 Å². The number of likely N-dealkylation sites (tertiary alicyclic amines) is 1. The lowest BCUT2D eigenvalue weighted by Crippen LogP contribution is -2.31. The Labute approximate surface area is 214 Å². The molecule has 1 aliphatic heterocycles. The Balaban J connectivity index is 1.60. The number of aliphatic hydroxyl groups excluding tert-OH is 1. The molecule has 0 radical (unpaired) electrons. The first-order chi connectivity index (χ1) is 18.0. The average molecular weight is 498 g/mol. The Morgan fingerprint density at radius 2 is 2.03 bits per heavy atom. The number of ketones is 1. The third kappa shape index (κ3) is 4.51. The van der Waals surface area contributed by atoms with Crippen LogP contribution in [0.15, 0.2) is 85.6 Å². The lowest BCUT2D eigenvalue weighted by atomic mass is 9.96. The minimum absolute atomic E-state index is 0.0299. The van der Waals surface area contributed by atoms with E-state index >= 15 is 0 Å². The van der Waals surface area contributed by atoms with Gasteiger partial charge in [-0.25, -0.2) is 9.97 Å². The SMILES string of the molecule is C=CCOc1cccc(C2/C(=C(\O)c3c(C)nc4ccccn34)C(=O)C(=O)N2CCCn2ccnc2)c1. The summed E-state index contributed by atoms with van der Waals surface area (Å²) in [6, 6.07) is 11.9. The van der Waals surface area contributed by atoms with Crippen LogP contribution in [0.25, 0.3) is 11.4 Å². The number of imidazole rings is 2. The molecule has 3 aromatic heterocycles. The number of carbonyl (C=O) groups excluding carboxylic acids is 2. The van der Waals surface area contributed by atoms with Crippen LogP contribution in [0, 0.1) is 6.92 Å². The number of Topliss-reactive ketones (excluding diaryl/α,β-unsaturated/α-hetero) is 1. The number of rotatable bonds is 9. The topological polar surface area (TPSA) is 102 Å². The van der Waals surface area contributed by atoms with Crippen molar-refractivity contribution in [1.82, 2.24) is 23.8 Å². The number of carbonyl (C=O) groups is 2. The van der Waals surface area contributed by atoms with Gasteiger partial charge in [0.25, 0.3) is 11.7 Å². The molecular weight excluding hydrogens is 470 g/mol. The average Bonchev–Trinajstić information content (AvgIpc) is 3.60. The van der Waals surface area contributed by atoms with E-state index < -0.39 is 17.7 Å². The normalized spacial score (nSPS) is 17.0. The van der Waals surface area contributed by atoms with Crippen LogP contribution in [0.3, 0.4) is 0 Å². The number of amides is 1. The summed E-state index contributed by atoms with van der Waals surface area (Å²) in [7, 11) is 0. The van der Waals surface area contributed by atoms with Crippen LogP contribution in [0.2, 0.25) is 0 Å². The van der Waals surface area contributed by atoms with Crippen LogP contribution >= 0.6 is 0 Å². The highest BCUT2D eigenvalue weighted by Crippen LogP contribution is 2.40. The van der Waals surface area contributed by atoms with Gasteiger partial charge in [-0.1, -0.05) is 30.9 Å². The highest BCUT2D eigenvalue weighted by atomic mass is 16.5. The Bertz CT molecular complexity index is 1500. The van der Waals surface area contributed by atoms with Gasteiger partial charge in [0, 0.05) is 31.7 Å². The maximum Gasteiger partial charge on any atom is 0.295 e. The number of hydrogen-bond donors (Lipinski definition) is 1. The van der Waals surface area contributed by atoms with Crippen molar-refractivity contribution in [3.05, 3.63) is 103 Å². The Kier molecular flexibility index (Phi) is 6.59. The molecule has 5 rings (SSSR count). The van der Waals surface area contributed by atoms with Crippen LogP contribution in [-0.4, -0.2) is 53.8 Å². The molecule has 0 spiro atoms. The molecule has 188 valence electrons. The van der Waals surface area contributed by atoms with E-state index in [9.17, 15) is 14.7 Å². The van der Waals surface area contributed by atoms with Crippen molar-refractivity contribution < 1.29 is 19.4 Å². The maximum atomic E-state index is 13.4. The van der Waals surface area contributed by atoms with Gasteiger partial charge in [-0.2, -0.15) is 0 Å². The highest BCUT2D eigenvalue weighted by Gasteiger charge is 2.46. The van der Waals surface area contributed by atoms with E-state index in [4.69, 9.17) is 4.74 Å². The predicted octanol–water partition coefficient (Wildman–Crippen LogP) is 3.92. The molecule has 9 heteroatoms. The Morgan fingerprint density at radius 3 is 2.81 bits per heavy atom. The number of nitrogens with zero attached hydrogens (tertiary/aromatic N) is 5. The van der Waals surface area contributed by atoms with Gasteiger partial charge < -0.3 is 19.3 Å². The first-order valence-electron chi connectivity index (χ1n) is 12.0. The van der Waals surface area contributed by atoms with E-state index in [-0.39, 0.29) is 11.3 Å². The van der Waals surface area contributed by atoms with Crippen LogP contribution in [0.5, 0.6) is 5.75 Å². The smallest absolute Gasteiger partial charge is 0.295 e. The van der Waals surface area contributed by atoms with E-state index in [1.54, 1.807) is 54.3 Å². The van der Waals surface area contributed by atoms with E-state index in [1.807, 2.05) is 35.0 Å². The monoisotopic (exact) mass is 497 g/mol. The van der Waals surface area contributed by atoms with Crippen LogP contribution in [0.1, 0.15) is 29.4 Å². The largest absolute Gasteiger partial charge is 0.505 e. The number of aliphatic hydroxyl groups is 1. The minimum atomic E-state index is -0.788. The molecule has 1 aliphatic rings. The first-order valence-corrected chi connectivity index (χ1v) is 12.0.